The highest BCUT2D eigenvalue weighted by Crippen LogP contribution is 2.41. The molecule has 4 fully saturated rings. The molecule has 2 aromatic rings. The minimum absolute atomic E-state index is 0.0396. The van der Waals surface area contributed by atoms with E-state index >= 15 is 4.79 Å². The van der Waals surface area contributed by atoms with Gasteiger partial charge in [0, 0.05) is 25.4 Å². The number of carbonyl (C=O) groups is 7. The van der Waals surface area contributed by atoms with Crippen LogP contribution in [0.25, 0.3) is 0 Å². The van der Waals surface area contributed by atoms with E-state index in [1.165, 1.54) is 23.5 Å². The summed E-state index contributed by atoms with van der Waals surface area (Å²) < 4.78 is 0. The summed E-state index contributed by atoms with van der Waals surface area (Å²) in [4.78, 5) is 109. The van der Waals surface area contributed by atoms with Crippen molar-refractivity contribution in [3.63, 3.8) is 0 Å². The number of hydrogen-bond acceptors (Lipinski definition) is 11. The fourth-order valence-electron chi connectivity index (χ4n) is 9.19. The summed E-state index contributed by atoms with van der Waals surface area (Å²) in [7, 11) is 0. The third-order valence-corrected chi connectivity index (χ3v) is 12.4. The van der Waals surface area contributed by atoms with Gasteiger partial charge in [-0.05, 0) is 49.5 Å². The molecule has 3 aliphatic heterocycles. The quantitative estimate of drug-likeness (QED) is 0.149. The second kappa shape index (κ2) is 18.5. The Morgan fingerprint density at radius 3 is 2.35 bits per heavy atom. The number of Topliss-reactive ketones (excluding diaryl/α,β-unsaturated/α-hetero) is 1. The molecule has 8 atom stereocenters. The number of rotatable bonds is 14. The lowest BCUT2D eigenvalue weighted by atomic mass is 9.82. The van der Waals surface area contributed by atoms with Crippen molar-refractivity contribution in [2.45, 2.75) is 140 Å². The first-order valence-corrected chi connectivity index (χ1v) is 21.2. The first-order chi connectivity index (χ1) is 28.5. The van der Waals surface area contributed by atoms with Gasteiger partial charge in [-0.25, -0.2) is 4.98 Å². The molecule has 1 spiro atoms. The Hall–Kier alpha value is -5.29. The molecule has 17 heteroatoms. The predicted octanol–water partition coefficient (Wildman–Crippen LogP) is 1.28. The van der Waals surface area contributed by atoms with Crippen molar-refractivity contribution in [3.8, 4) is 0 Å². The highest BCUT2D eigenvalue weighted by atomic mass is 16.3. The Morgan fingerprint density at radius 1 is 0.983 bits per heavy atom. The average molecular weight is 830 g/mol. The second-order valence-corrected chi connectivity index (χ2v) is 17.8. The third-order valence-electron chi connectivity index (χ3n) is 12.4. The number of carbonyl (C=O) groups excluding carboxylic acids is 7. The van der Waals surface area contributed by atoms with Crippen LogP contribution in [0.2, 0.25) is 0 Å². The largest absolute Gasteiger partial charge is 0.392 e. The van der Waals surface area contributed by atoms with Gasteiger partial charge in [0.25, 0.3) is 11.8 Å². The number of aromatic nitrogens is 2. The van der Waals surface area contributed by atoms with E-state index in [1.807, 2.05) is 37.3 Å². The molecule has 4 heterocycles. The molecule has 1 aliphatic carbocycles. The summed E-state index contributed by atoms with van der Waals surface area (Å²) in [5, 5.41) is 24.9. The fraction of sp³-hybridized carbons (Fsp3) is 0.605. The van der Waals surface area contributed by atoms with E-state index in [0.29, 0.717) is 19.3 Å². The van der Waals surface area contributed by atoms with Crippen molar-refractivity contribution < 1.29 is 38.7 Å². The number of amides is 6. The second-order valence-electron chi connectivity index (χ2n) is 17.8. The Morgan fingerprint density at radius 2 is 1.70 bits per heavy atom. The molecule has 60 heavy (non-hydrogen) atoms. The van der Waals surface area contributed by atoms with Crippen LogP contribution in [0, 0.1) is 11.3 Å². The molecular weight excluding hydrogens is 771 g/mol. The van der Waals surface area contributed by atoms with Gasteiger partial charge in [-0.15, -0.1) is 0 Å². The van der Waals surface area contributed by atoms with Crippen LogP contribution >= 0.6 is 0 Å². The summed E-state index contributed by atoms with van der Waals surface area (Å²) in [6.07, 6.45) is 8.15. The van der Waals surface area contributed by atoms with Gasteiger partial charge < -0.3 is 36.6 Å². The number of likely N-dealkylation sites (tertiary alicyclic amines) is 1. The van der Waals surface area contributed by atoms with Crippen molar-refractivity contribution in [1.82, 2.24) is 46.4 Å². The van der Waals surface area contributed by atoms with E-state index < -0.39 is 88.8 Å². The average Bonchev–Trinajstić information content (AvgIpc) is 3.90. The minimum atomic E-state index is -1.25. The lowest BCUT2D eigenvalue weighted by molar-refractivity contribution is -0.145. The van der Waals surface area contributed by atoms with Gasteiger partial charge in [-0.2, -0.15) is 0 Å². The van der Waals surface area contributed by atoms with Crippen molar-refractivity contribution in [2.75, 3.05) is 13.1 Å². The van der Waals surface area contributed by atoms with Crippen molar-refractivity contribution in [2.24, 2.45) is 11.3 Å². The Kier molecular flexibility index (Phi) is 13.7. The molecule has 0 radical (unpaired) electrons. The molecule has 3 saturated heterocycles. The molecule has 1 saturated carbocycles. The van der Waals surface area contributed by atoms with Crippen molar-refractivity contribution in [1.29, 1.82) is 0 Å². The number of fused-ring (bicyclic) bond motifs is 2. The number of aliphatic hydroxyl groups excluding tert-OH is 1. The van der Waals surface area contributed by atoms with E-state index in [-0.39, 0.29) is 49.9 Å². The Balaban J connectivity index is 1.27. The van der Waals surface area contributed by atoms with Gasteiger partial charge in [0.1, 0.15) is 29.5 Å². The molecule has 0 bridgehead atoms. The third kappa shape index (κ3) is 9.67. The number of aliphatic hydroxyl groups is 1. The lowest BCUT2D eigenvalue weighted by Gasteiger charge is -2.38. The molecule has 324 valence electrons. The zero-order valence-corrected chi connectivity index (χ0v) is 35.1. The van der Waals surface area contributed by atoms with Crippen LogP contribution in [0.15, 0.2) is 48.9 Å². The normalized spacial score (nSPS) is 25.1. The van der Waals surface area contributed by atoms with E-state index in [1.54, 1.807) is 32.6 Å². The highest BCUT2D eigenvalue weighted by Gasteiger charge is 2.62. The topological polar surface area (TPSA) is 232 Å². The Bertz CT molecular complexity index is 1920. The zero-order chi connectivity index (χ0) is 43.4. The van der Waals surface area contributed by atoms with Crippen LogP contribution in [0.3, 0.4) is 0 Å². The maximum absolute atomic E-state index is 15.1. The summed E-state index contributed by atoms with van der Waals surface area (Å²) in [5.74, 6) is -4.72. The summed E-state index contributed by atoms with van der Waals surface area (Å²) in [5.41, 5.74) is -1.32. The van der Waals surface area contributed by atoms with Gasteiger partial charge in [-0.3, -0.25) is 43.4 Å². The molecule has 1 aromatic heterocycles. The number of hydrogen-bond donors (Lipinski definition) is 6. The SMILES string of the molecule is CCCC(NC(=O)[C@@H]1CC2(CN1C(=O)[C@@H](NC(=O)[C@@H](NC(=O)c1cnccn1)C1CCCCC1)C(C)(C)C)NC(=O)[C@H]1C[C@@H](O)CN12)C(=O)C(=O)N[C@@H](C)c1ccccc1. The first-order valence-electron chi connectivity index (χ1n) is 21.2. The molecule has 4 aliphatic rings. The van der Waals surface area contributed by atoms with Crippen molar-refractivity contribution in [3.05, 3.63) is 60.2 Å². The summed E-state index contributed by atoms with van der Waals surface area (Å²) >= 11 is 0. The molecular formula is C43H59N9O8. The smallest absolute Gasteiger partial charge is 0.290 e. The van der Waals surface area contributed by atoms with Crippen molar-refractivity contribution >= 4 is 41.2 Å². The number of ketones is 1. The molecule has 6 amide bonds. The van der Waals surface area contributed by atoms with Crippen LogP contribution in [0.5, 0.6) is 0 Å². The molecule has 17 nitrogen and oxygen atoms in total. The number of nitrogens with one attached hydrogen (secondary N) is 5. The standard InChI is InChI=1S/C43H59N9O8/c1-6-13-29(34(54)40(59)46-25(2)26-14-9-7-10-15-26)47-37(56)32-21-43(50-38(57)31-20-28(53)23-52(31)43)24-51(32)41(60)35(42(3,4)5)49-39(58)33(27-16-11-8-12-17-27)48-36(55)30-22-44-18-19-45-30/h7,9-10,14-15,18-19,22,25,27-29,31-33,35,53H,6,8,11-13,16-17,20-21,23-24H2,1-5H3,(H,46,59)(H,47,56)(H,48,55)(H,49,58)(H,50,57)/t25-,28+,29?,31+,32-,33-,35+,43?/m0/s1. The lowest BCUT2D eigenvalue weighted by Crippen LogP contribution is -2.62. The van der Waals surface area contributed by atoms with Crippen LogP contribution < -0.4 is 26.6 Å². The van der Waals surface area contributed by atoms with E-state index in [0.717, 1.165) is 24.8 Å². The summed E-state index contributed by atoms with van der Waals surface area (Å²) in [6.45, 7) is 8.88. The van der Waals surface area contributed by atoms with E-state index in [4.69, 9.17) is 0 Å². The van der Waals surface area contributed by atoms with Gasteiger partial charge >= 0.3 is 0 Å². The minimum Gasteiger partial charge on any atom is -0.392 e. The van der Waals surface area contributed by atoms with E-state index in [9.17, 15) is 33.9 Å². The molecule has 6 rings (SSSR count). The van der Waals surface area contributed by atoms with E-state index in [2.05, 4.69) is 36.6 Å². The molecule has 6 N–H and O–H groups in total. The fourth-order valence-corrected chi connectivity index (χ4v) is 9.19. The number of nitrogens with zero attached hydrogens (tertiary/aromatic N) is 4. The summed E-state index contributed by atoms with van der Waals surface area (Å²) in [6, 6.07) is 3.30. The molecule has 2 unspecified atom stereocenters. The van der Waals surface area contributed by atoms with Gasteiger partial charge in [0.15, 0.2) is 0 Å². The number of benzene rings is 1. The van der Waals surface area contributed by atoms with Crippen LogP contribution in [0.4, 0.5) is 0 Å². The maximum atomic E-state index is 15.1. The van der Waals surface area contributed by atoms with Crippen LogP contribution in [0.1, 0.15) is 114 Å². The van der Waals surface area contributed by atoms with Gasteiger partial charge in [0.05, 0.1) is 37.0 Å². The molecule has 1 aromatic carbocycles. The van der Waals surface area contributed by atoms with Crippen LogP contribution in [-0.4, -0.2) is 121 Å². The Labute approximate surface area is 350 Å². The predicted molar refractivity (Wildman–Crippen MR) is 218 cm³/mol. The zero-order valence-electron chi connectivity index (χ0n) is 35.1. The first kappa shape index (κ1) is 44.3. The monoisotopic (exact) mass is 829 g/mol. The maximum Gasteiger partial charge on any atom is 0.290 e. The van der Waals surface area contributed by atoms with Crippen LogP contribution in [-0.2, 0) is 28.8 Å². The highest BCUT2D eigenvalue weighted by molar-refractivity contribution is 6.38. The van der Waals surface area contributed by atoms with Gasteiger partial charge in [-0.1, -0.05) is 83.7 Å². The van der Waals surface area contributed by atoms with Gasteiger partial charge in [0.2, 0.25) is 29.4 Å².